The number of methoxy groups -OCH3 is 2. The van der Waals surface area contributed by atoms with Crippen LogP contribution in [0.1, 0.15) is 19.8 Å². The molecular formula is C21H23ClN4O6. The number of amides is 3. The number of hydrogen-bond donors (Lipinski definition) is 3. The Kier molecular flexibility index (Phi) is 9.30. The van der Waals surface area contributed by atoms with Gasteiger partial charge in [-0.15, -0.1) is 0 Å². The molecule has 10 nitrogen and oxygen atoms in total. The van der Waals surface area contributed by atoms with E-state index in [2.05, 4.69) is 30.4 Å². The summed E-state index contributed by atoms with van der Waals surface area (Å²) in [4.78, 5) is 39.6. The smallest absolute Gasteiger partial charge is 0.413 e. The molecule has 2 rings (SSSR count). The average molecular weight is 463 g/mol. The van der Waals surface area contributed by atoms with Gasteiger partial charge in [0.2, 0.25) is 11.9 Å². The summed E-state index contributed by atoms with van der Waals surface area (Å²) in [6.45, 7) is 1.87. The van der Waals surface area contributed by atoms with Gasteiger partial charge in [0.1, 0.15) is 11.5 Å². The molecule has 2 aromatic carbocycles. The van der Waals surface area contributed by atoms with Crippen LogP contribution in [-0.2, 0) is 14.3 Å². The van der Waals surface area contributed by atoms with Gasteiger partial charge in [0.05, 0.1) is 25.6 Å². The molecule has 0 saturated heterocycles. The molecule has 3 amide bonds. The number of ether oxygens (including phenoxy) is 3. The number of nitrogens with one attached hydrogen (secondary N) is 3. The quantitative estimate of drug-likeness (QED) is 0.426. The van der Waals surface area contributed by atoms with Crippen molar-refractivity contribution in [2.45, 2.75) is 19.8 Å². The van der Waals surface area contributed by atoms with Crippen LogP contribution in [0.4, 0.5) is 21.0 Å². The maximum Gasteiger partial charge on any atom is 0.413 e. The van der Waals surface area contributed by atoms with Gasteiger partial charge < -0.3 is 19.5 Å². The molecule has 0 aliphatic rings. The number of nitrogens with zero attached hydrogens (tertiary/aromatic N) is 1. The second-order valence-corrected chi connectivity index (χ2v) is 6.66. The lowest BCUT2D eigenvalue weighted by Gasteiger charge is -2.13. The Morgan fingerprint density at radius 1 is 0.938 bits per heavy atom. The van der Waals surface area contributed by atoms with Crippen LogP contribution in [0.3, 0.4) is 0 Å². The number of aliphatic imine (C=N–C) groups is 1. The van der Waals surface area contributed by atoms with E-state index in [0.29, 0.717) is 35.1 Å². The van der Waals surface area contributed by atoms with E-state index in [9.17, 15) is 14.4 Å². The molecule has 0 spiro atoms. The number of carbonyl (C=O) groups excluding carboxylic acids is 3. The summed E-state index contributed by atoms with van der Waals surface area (Å²) in [6.07, 6.45) is -0.789. The van der Waals surface area contributed by atoms with E-state index in [1.807, 2.05) is 6.92 Å². The summed E-state index contributed by atoms with van der Waals surface area (Å²) in [7, 11) is 2.31. The minimum absolute atomic E-state index is 0.237. The fourth-order valence-electron chi connectivity index (χ4n) is 2.36. The van der Waals surface area contributed by atoms with E-state index in [0.717, 1.165) is 14.2 Å². The van der Waals surface area contributed by atoms with Crippen molar-refractivity contribution in [2.24, 2.45) is 4.99 Å². The highest BCUT2D eigenvalue weighted by atomic mass is 35.5. The summed E-state index contributed by atoms with van der Waals surface area (Å²) in [5.74, 6) is 0.454. The van der Waals surface area contributed by atoms with Crippen molar-refractivity contribution < 1.29 is 28.6 Å². The number of guanidine groups is 1. The maximum atomic E-state index is 12.2. The molecule has 3 N–H and O–H groups in total. The second kappa shape index (κ2) is 12.2. The van der Waals surface area contributed by atoms with E-state index in [1.54, 1.807) is 42.5 Å². The van der Waals surface area contributed by atoms with Crippen molar-refractivity contribution in [1.82, 2.24) is 10.6 Å². The number of alkyl carbamates (subject to hydrolysis) is 2. The molecule has 170 valence electrons. The average Bonchev–Trinajstić information content (AvgIpc) is 2.77. The second-order valence-electron chi connectivity index (χ2n) is 6.23. The summed E-state index contributed by atoms with van der Waals surface area (Å²) in [6, 6.07) is 11.5. The molecule has 0 unspecified atom stereocenters. The van der Waals surface area contributed by atoms with E-state index in [4.69, 9.17) is 16.3 Å². The third kappa shape index (κ3) is 7.80. The van der Waals surface area contributed by atoms with Crippen molar-refractivity contribution in [2.75, 3.05) is 19.5 Å². The SMILES string of the molecule is CCCC(=O)Nc1cc(Oc2ccc(Cl)cc2)ccc1N=C(NC(=O)OC)NC(=O)OC. The first-order valence-electron chi connectivity index (χ1n) is 9.50. The van der Waals surface area contributed by atoms with Gasteiger partial charge >= 0.3 is 12.2 Å². The van der Waals surface area contributed by atoms with Gasteiger partial charge in [-0.3, -0.25) is 15.4 Å². The molecule has 0 aromatic heterocycles. The van der Waals surface area contributed by atoms with Crippen LogP contribution in [0, 0.1) is 0 Å². The first-order valence-corrected chi connectivity index (χ1v) is 9.88. The van der Waals surface area contributed by atoms with Gasteiger partial charge in [-0.05, 0) is 42.8 Å². The Bertz CT molecular complexity index is 974. The third-order valence-corrected chi connectivity index (χ3v) is 4.06. The largest absolute Gasteiger partial charge is 0.457 e. The van der Waals surface area contributed by atoms with Crippen molar-refractivity contribution in [3.05, 3.63) is 47.5 Å². The predicted molar refractivity (Wildman–Crippen MR) is 120 cm³/mol. The third-order valence-electron chi connectivity index (χ3n) is 3.81. The van der Waals surface area contributed by atoms with E-state index in [-0.39, 0.29) is 17.6 Å². The topological polar surface area (TPSA) is 127 Å². The van der Waals surface area contributed by atoms with Crippen LogP contribution < -0.4 is 20.7 Å². The van der Waals surface area contributed by atoms with Crippen LogP contribution in [0.5, 0.6) is 11.5 Å². The number of halogens is 1. The van der Waals surface area contributed by atoms with Crippen LogP contribution in [-0.4, -0.2) is 38.3 Å². The Hall–Kier alpha value is -3.79. The normalized spacial score (nSPS) is 9.88. The fraction of sp³-hybridized carbons (Fsp3) is 0.238. The van der Waals surface area contributed by atoms with Gasteiger partial charge in [-0.2, -0.15) is 0 Å². The molecule has 0 fully saturated rings. The molecule has 0 heterocycles. The number of carbonyl (C=O) groups is 3. The lowest BCUT2D eigenvalue weighted by atomic mass is 10.2. The lowest BCUT2D eigenvalue weighted by molar-refractivity contribution is -0.116. The van der Waals surface area contributed by atoms with Gasteiger partial charge in [0.25, 0.3) is 0 Å². The molecule has 0 saturated carbocycles. The Balaban J connectivity index is 2.41. The summed E-state index contributed by atoms with van der Waals surface area (Å²) < 4.78 is 14.9. The van der Waals surface area contributed by atoms with Crippen molar-refractivity contribution in [3.63, 3.8) is 0 Å². The number of rotatable bonds is 6. The monoisotopic (exact) mass is 462 g/mol. The minimum atomic E-state index is -0.862. The number of anilines is 1. The number of benzene rings is 2. The van der Waals surface area contributed by atoms with E-state index < -0.39 is 12.2 Å². The van der Waals surface area contributed by atoms with Crippen LogP contribution in [0.25, 0.3) is 0 Å². The summed E-state index contributed by atoms with van der Waals surface area (Å²) >= 11 is 5.89. The molecular weight excluding hydrogens is 440 g/mol. The zero-order valence-electron chi connectivity index (χ0n) is 17.7. The maximum absolute atomic E-state index is 12.2. The van der Waals surface area contributed by atoms with Crippen LogP contribution >= 0.6 is 11.6 Å². The molecule has 0 aliphatic heterocycles. The molecule has 0 aliphatic carbocycles. The zero-order chi connectivity index (χ0) is 23.5. The van der Waals surface area contributed by atoms with Crippen molar-refractivity contribution in [3.8, 4) is 11.5 Å². The number of hydrogen-bond acceptors (Lipinski definition) is 7. The van der Waals surface area contributed by atoms with E-state index in [1.165, 1.54) is 0 Å². The predicted octanol–water partition coefficient (Wildman–Crippen LogP) is 4.57. The minimum Gasteiger partial charge on any atom is -0.457 e. The molecule has 0 radical (unpaired) electrons. The first-order chi connectivity index (χ1) is 15.3. The van der Waals surface area contributed by atoms with E-state index >= 15 is 0 Å². The highest BCUT2D eigenvalue weighted by Crippen LogP contribution is 2.32. The van der Waals surface area contributed by atoms with Crippen LogP contribution in [0.15, 0.2) is 47.5 Å². The molecule has 11 heteroatoms. The molecule has 2 aromatic rings. The van der Waals surface area contributed by atoms with Crippen molar-refractivity contribution >= 4 is 47.0 Å². The lowest BCUT2D eigenvalue weighted by Crippen LogP contribution is -2.43. The van der Waals surface area contributed by atoms with Gasteiger partial charge in [-0.1, -0.05) is 18.5 Å². The van der Waals surface area contributed by atoms with Crippen molar-refractivity contribution in [1.29, 1.82) is 0 Å². The van der Waals surface area contributed by atoms with Crippen LogP contribution in [0.2, 0.25) is 5.02 Å². The molecule has 0 atom stereocenters. The first kappa shape index (κ1) is 24.5. The Morgan fingerprint density at radius 2 is 1.53 bits per heavy atom. The fourth-order valence-corrected chi connectivity index (χ4v) is 2.48. The zero-order valence-corrected chi connectivity index (χ0v) is 18.5. The standard InChI is InChI=1S/C21H23ClN4O6/c1-4-5-18(27)23-17-12-15(32-14-8-6-13(22)7-9-14)10-11-16(17)24-19(25-20(28)30-2)26-21(29)31-3/h6-12H,4-5H2,1-3H3,(H,23,27)(H2,24,25,26,28,29). The highest BCUT2D eigenvalue weighted by Gasteiger charge is 2.14. The van der Waals surface area contributed by atoms with Gasteiger partial charge in [0, 0.05) is 17.5 Å². The molecule has 32 heavy (non-hydrogen) atoms. The molecule has 0 bridgehead atoms. The van der Waals surface area contributed by atoms with Gasteiger partial charge in [0.15, 0.2) is 0 Å². The Morgan fingerprint density at radius 3 is 2.09 bits per heavy atom. The highest BCUT2D eigenvalue weighted by molar-refractivity contribution is 6.30. The van der Waals surface area contributed by atoms with Gasteiger partial charge in [-0.25, -0.2) is 14.6 Å². The summed E-state index contributed by atoms with van der Waals surface area (Å²) in [5, 5.41) is 7.85. The Labute approximate surface area is 189 Å². The summed E-state index contributed by atoms with van der Waals surface area (Å²) in [5.41, 5.74) is 0.534.